The Morgan fingerprint density at radius 2 is 2.29 bits per heavy atom. The normalized spacial score (nSPS) is 17.6. The van der Waals surface area contributed by atoms with Gasteiger partial charge in [-0.15, -0.1) is 0 Å². The van der Waals surface area contributed by atoms with Gasteiger partial charge in [0.05, 0.1) is 7.11 Å². The number of halogens is 1. The number of hydrogen-bond acceptors (Lipinski definition) is 3. The first-order valence-corrected chi connectivity index (χ1v) is 6.42. The van der Waals surface area contributed by atoms with E-state index in [2.05, 4.69) is 5.43 Å². The molecule has 0 saturated heterocycles. The van der Waals surface area contributed by atoms with Gasteiger partial charge in [0.1, 0.15) is 5.75 Å². The van der Waals surface area contributed by atoms with Crippen LogP contribution in [0.4, 0.5) is 0 Å². The molecule has 0 aliphatic heterocycles. The van der Waals surface area contributed by atoms with Crippen molar-refractivity contribution in [1.29, 1.82) is 0 Å². The largest absolute Gasteiger partial charge is 0.496 e. The summed E-state index contributed by atoms with van der Waals surface area (Å²) in [6.45, 7) is 0. The molecule has 3 nitrogen and oxygen atoms in total. The molecule has 1 aliphatic rings. The van der Waals surface area contributed by atoms with Gasteiger partial charge in [-0.05, 0) is 30.5 Å². The van der Waals surface area contributed by atoms with Crippen LogP contribution in [0.1, 0.15) is 37.3 Å². The highest BCUT2D eigenvalue weighted by Crippen LogP contribution is 2.37. The Morgan fingerprint density at radius 1 is 1.53 bits per heavy atom. The molecule has 0 radical (unpaired) electrons. The maximum Gasteiger partial charge on any atom is 0.123 e. The van der Waals surface area contributed by atoms with E-state index >= 15 is 0 Å². The van der Waals surface area contributed by atoms with Crippen LogP contribution in [-0.4, -0.2) is 7.11 Å². The molecule has 0 spiro atoms. The zero-order valence-corrected chi connectivity index (χ0v) is 10.8. The van der Waals surface area contributed by atoms with Gasteiger partial charge in [-0.2, -0.15) is 0 Å². The van der Waals surface area contributed by atoms with Crippen LogP contribution in [0, 0.1) is 5.92 Å². The first kappa shape index (κ1) is 12.7. The Bertz CT molecular complexity index is 380. The topological polar surface area (TPSA) is 47.3 Å². The smallest absolute Gasteiger partial charge is 0.123 e. The number of ether oxygens (including phenoxy) is 1. The van der Waals surface area contributed by atoms with Crippen LogP contribution in [0.15, 0.2) is 18.2 Å². The highest BCUT2D eigenvalue weighted by atomic mass is 35.5. The second-order valence-electron chi connectivity index (χ2n) is 4.64. The van der Waals surface area contributed by atoms with Crippen molar-refractivity contribution in [2.45, 2.75) is 31.7 Å². The average Bonchev–Trinajstić information content (AvgIpc) is 2.28. The fourth-order valence-corrected chi connectivity index (χ4v) is 2.50. The Balaban J connectivity index is 2.18. The fraction of sp³-hybridized carbons (Fsp3) is 0.538. The molecule has 1 fully saturated rings. The quantitative estimate of drug-likeness (QED) is 0.627. The van der Waals surface area contributed by atoms with Gasteiger partial charge in [-0.3, -0.25) is 11.3 Å². The fourth-order valence-electron chi connectivity index (χ4n) is 2.32. The lowest BCUT2D eigenvalue weighted by molar-refractivity contribution is 0.259. The SMILES string of the molecule is COc1ccc(Cl)cc1C(CC1CCC1)NN. The van der Waals surface area contributed by atoms with Crippen molar-refractivity contribution in [1.82, 2.24) is 5.43 Å². The van der Waals surface area contributed by atoms with Crippen molar-refractivity contribution in [3.05, 3.63) is 28.8 Å². The summed E-state index contributed by atoms with van der Waals surface area (Å²) in [4.78, 5) is 0. The Labute approximate surface area is 107 Å². The van der Waals surface area contributed by atoms with E-state index in [-0.39, 0.29) is 6.04 Å². The first-order chi connectivity index (χ1) is 8.24. The lowest BCUT2D eigenvalue weighted by Gasteiger charge is -2.30. The minimum Gasteiger partial charge on any atom is -0.496 e. The van der Waals surface area contributed by atoms with E-state index in [9.17, 15) is 0 Å². The maximum absolute atomic E-state index is 6.04. The van der Waals surface area contributed by atoms with Crippen LogP contribution in [0.3, 0.4) is 0 Å². The standard InChI is InChI=1S/C13H19ClN2O/c1-17-13-6-5-10(14)8-11(13)12(16-15)7-9-3-2-4-9/h5-6,8-9,12,16H,2-4,7,15H2,1H3. The zero-order chi connectivity index (χ0) is 12.3. The summed E-state index contributed by atoms with van der Waals surface area (Å²) in [7, 11) is 1.67. The summed E-state index contributed by atoms with van der Waals surface area (Å²) in [6.07, 6.45) is 5.00. The number of hydrazine groups is 1. The van der Waals surface area contributed by atoms with E-state index < -0.39 is 0 Å². The number of methoxy groups -OCH3 is 1. The summed E-state index contributed by atoms with van der Waals surface area (Å²) < 4.78 is 5.36. The molecule has 1 saturated carbocycles. The third-order valence-corrected chi connectivity index (χ3v) is 3.80. The van der Waals surface area contributed by atoms with Crippen LogP contribution in [0.2, 0.25) is 5.02 Å². The molecule has 17 heavy (non-hydrogen) atoms. The van der Waals surface area contributed by atoms with Crippen molar-refractivity contribution in [2.24, 2.45) is 11.8 Å². The van der Waals surface area contributed by atoms with E-state index in [0.29, 0.717) is 0 Å². The number of hydrogen-bond donors (Lipinski definition) is 2. The molecule has 2 rings (SSSR count). The van der Waals surface area contributed by atoms with Gasteiger partial charge < -0.3 is 4.74 Å². The molecule has 3 N–H and O–H groups in total. The minimum atomic E-state index is 0.119. The Morgan fingerprint density at radius 3 is 2.82 bits per heavy atom. The number of nitrogens with one attached hydrogen (secondary N) is 1. The van der Waals surface area contributed by atoms with Crippen molar-refractivity contribution in [3.63, 3.8) is 0 Å². The second kappa shape index (κ2) is 5.71. The highest BCUT2D eigenvalue weighted by molar-refractivity contribution is 6.30. The molecule has 1 atom stereocenters. The monoisotopic (exact) mass is 254 g/mol. The van der Waals surface area contributed by atoms with Crippen LogP contribution in [0.25, 0.3) is 0 Å². The number of rotatable bonds is 5. The predicted octanol–water partition coefficient (Wildman–Crippen LogP) is 3.04. The van der Waals surface area contributed by atoms with Crippen LogP contribution < -0.4 is 16.0 Å². The van der Waals surface area contributed by atoms with E-state index in [1.54, 1.807) is 7.11 Å². The van der Waals surface area contributed by atoms with Crippen LogP contribution >= 0.6 is 11.6 Å². The van der Waals surface area contributed by atoms with Crippen molar-refractivity contribution < 1.29 is 4.74 Å². The maximum atomic E-state index is 6.04. The Kier molecular flexibility index (Phi) is 4.26. The van der Waals surface area contributed by atoms with Crippen molar-refractivity contribution >= 4 is 11.6 Å². The third kappa shape index (κ3) is 2.92. The molecule has 0 amide bonds. The second-order valence-corrected chi connectivity index (χ2v) is 5.07. The number of benzene rings is 1. The third-order valence-electron chi connectivity index (χ3n) is 3.56. The van der Waals surface area contributed by atoms with Gasteiger partial charge in [-0.25, -0.2) is 0 Å². The molecule has 94 valence electrons. The van der Waals surface area contributed by atoms with Crippen LogP contribution in [-0.2, 0) is 0 Å². The molecule has 0 heterocycles. The van der Waals surface area contributed by atoms with Gasteiger partial charge in [0.15, 0.2) is 0 Å². The van der Waals surface area contributed by atoms with Crippen molar-refractivity contribution in [3.8, 4) is 5.75 Å². The molecule has 1 aliphatic carbocycles. The van der Waals surface area contributed by atoms with Gasteiger partial charge in [0.2, 0.25) is 0 Å². The van der Waals surface area contributed by atoms with Gasteiger partial charge in [0, 0.05) is 16.6 Å². The van der Waals surface area contributed by atoms with Crippen LogP contribution in [0.5, 0.6) is 5.75 Å². The average molecular weight is 255 g/mol. The predicted molar refractivity (Wildman–Crippen MR) is 70.0 cm³/mol. The summed E-state index contributed by atoms with van der Waals surface area (Å²) in [6, 6.07) is 5.78. The zero-order valence-electron chi connectivity index (χ0n) is 10.1. The van der Waals surface area contributed by atoms with Gasteiger partial charge in [-0.1, -0.05) is 30.9 Å². The molecular weight excluding hydrogens is 236 g/mol. The first-order valence-electron chi connectivity index (χ1n) is 6.04. The summed E-state index contributed by atoms with van der Waals surface area (Å²) in [5.41, 5.74) is 3.93. The highest BCUT2D eigenvalue weighted by Gasteiger charge is 2.24. The van der Waals surface area contributed by atoms with Gasteiger partial charge in [0.25, 0.3) is 0 Å². The lowest BCUT2D eigenvalue weighted by Crippen LogP contribution is -2.31. The van der Waals surface area contributed by atoms with E-state index in [1.165, 1.54) is 19.3 Å². The lowest BCUT2D eigenvalue weighted by atomic mass is 9.79. The summed E-state index contributed by atoms with van der Waals surface area (Å²) in [5, 5.41) is 0.717. The van der Waals surface area contributed by atoms with Crippen molar-refractivity contribution in [2.75, 3.05) is 7.11 Å². The number of nitrogens with two attached hydrogens (primary N) is 1. The molecule has 1 unspecified atom stereocenters. The molecule has 4 heteroatoms. The molecule has 0 aromatic heterocycles. The van der Waals surface area contributed by atoms with E-state index in [1.807, 2.05) is 18.2 Å². The summed E-state index contributed by atoms with van der Waals surface area (Å²) in [5.74, 6) is 7.28. The molecule has 1 aromatic carbocycles. The minimum absolute atomic E-state index is 0.119. The van der Waals surface area contributed by atoms with E-state index in [0.717, 1.165) is 28.7 Å². The molecule has 0 bridgehead atoms. The van der Waals surface area contributed by atoms with E-state index in [4.69, 9.17) is 22.2 Å². The molecular formula is C13H19ClN2O. The summed E-state index contributed by atoms with van der Waals surface area (Å²) >= 11 is 6.04. The van der Waals surface area contributed by atoms with Gasteiger partial charge >= 0.3 is 0 Å². The Hall–Kier alpha value is -0.770. The molecule has 1 aromatic rings.